The summed E-state index contributed by atoms with van der Waals surface area (Å²) in [5.74, 6) is 0. The Morgan fingerprint density at radius 3 is 1.11 bits per heavy atom. The van der Waals surface area contributed by atoms with Crippen LogP contribution in [0.3, 0.4) is 0 Å². The molecule has 6 nitrogen and oxygen atoms in total. The predicted octanol–water partition coefficient (Wildman–Crippen LogP) is 16.0. The first-order valence-electron chi connectivity index (χ1n) is 23.4. The number of nitriles is 4. The molecule has 12 rings (SSSR count). The van der Waals surface area contributed by atoms with Crippen molar-refractivity contribution in [1.29, 1.82) is 21.0 Å². The van der Waals surface area contributed by atoms with Gasteiger partial charge in [-0.05, 0) is 105 Å². The SMILES string of the molecule is N#CC1=CC(C#N)=C(c2cc(-n3c4cc(-c5ccccc5)ccc4c4ccc(-c5ccccc5)cc43)c(C#N)cc2C#N)CC=C1n1c2cc(-c3ccccc3)ccc2c2ccc(-c3ccccc3)cc21. The van der Waals surface area contributed by atoms with E-state index in [1.54, 1.807) is 12.1 Å². The van der Waals surface area contributed by atoms with Gasteiger partial charge in [0.25, 0.3) is 0 Å². The summed E-state index contributed by atoms with van der Waals surface area (Å²) in [4.78, 5) is 0. The number of allylic oxidation sites excluding steroid dienone is 6. The molecule has 0 amide bonds. The monoisotopic (exact) mass is 902 g/mol. The third kappa shape index (κ3) is 7.17. The van der Waals surface area contributed by atoms with Crippen LogP contribution in [0.25, 0.3) is 105 Å². The summed E-state index contributed by atoms with van der Waals surface area (Å²) < 4.78 is 4.28. The van der Waals surface area contributed by atoms with Crippen LogP contribution in [-0.2, 0) is 0 Å². The van der Waals surface area contributed by atoms with Crippen molar-refractivity contribution in [3.05, 3.63) is 246 Å². The zero-order valence-electron chi connectivity index (χ0n) is 38.2. The highest BCUT2D eigenvalue weighted by Gasteiger charge is 2.25. The molecule has 0 spiro atoms. The van der Waals surface area contributed by atoms with E-state index in [-0.39, 0.29) is 17.6 Å². The van der Waals surface area contributed by atoms with E-state index in [0.29, 0.717) is 33.7 Å². The van der Waals surface area contributed by atoms with E-state index in [0.717, 1.165) is 88.1 Å². The normalized spacial score (nSPS) is 12.5. The number of hydrogen-bond donors (Lipinski definition) is 0. The van der Waals surface area contributed by atoms with Crippen LogP contribution in [0.2, 0.25) is 0 Å². The Morgan fingerprint density at radius 2 is 0.746 bits per heavy atom. The first kappa shape index (κ1) is 42.1. The first-order chi connectivity index (χ1) is 35.0. The molecule has 0 radical (unpaired) electrons. The van der Waals surface area contributed by atoms with Gasteiger partial charge in [0.15, 0.2) is 0 Å². The zero-order chi connectivity index (χ0) is 48.0. The summed E-state index contributed by atoms with van der Waals surface area (Å²) in [7, 11) is 0. The van der Waals surface area contributed by atoms with Gasteiger partial charge in [0.1, 0.15) is 12.1 Å². The third-order valence-electron chi connectivity index (χ3n) is 13.8. The Hall–Kier alpha value is -10.2. The molecule has 6 heteroatoms. The van der Waals surface area contributed by atoms with Crippen molar-refractivity contribution in [3.8, 4) is 74.5 Å². The van der Waals surface area contributed by atoms with Crippen molar-refractivity contribution >= 4 is 54.9 Å². The van der Waals surface area contributed by atoms with E-state index in [1.165, 1.54) is 0 Å². The number of benzene rings is 9. The standard InChI is InChI=1S/C65H38N6/c66-38-50-31-52(40-68)60(70-62-33-46(42-13-5-1-6-14-42)21-25-55(62)56-26-22-47(34-63(56)70)43-15-7-2-8-16-43)30-29-54(50)59-37-61(53(41-69)32-51(59)39-67)71-64-35-48(44-17-9-3-10-18-44)23-27-57(64)58-28-24-49(36-65(58)71)45-19-11-4-12-20-45/h1-28,30-37H,29H2. The van der Waals surface area contributed by atoms with Crippen LogP contribution in [-0.4, -0.2) is 9.13 Å². The zero-order valence-corrected chi connectivity index (χ0v) is 38.2. The molecule has 328 valence electrons. The number of fused-ring (bicyclic) bond motifs is 6. The minimum absolute atomic E-state index is 0.210. The van der Waals surface area contributed by atoms with E-state index in [1.807, 2.05) is 84.9 Å². The lowest BCUT2D eigenvalue weighted by atomic mass is 9.91. The van der Waals surface area contributed by atoms with Crippen molar-refractivity contribution in [1.82, 2.24) is 9.13 Å². The molecule has 1 aliphatic rings. The van der Waals surface area contributed by atoms with Gasteiger partial charge in [-0.15, -0.1) is 0 Å². The molecule has 2 aromatic heterocycles. The van der Waals surface area contributed by atoms with Gasteiger partial charge in [0, 0.05) is 21.5 Å². The third-order valence-corrected chi connectivity index (χ3v) is 13.8. The molecule has 0 saturated heterocycles. The van der Waals surface area contributed by atoms with Crippen LogP contribution < -0.4 is 0 Å². The van der Waals surface area contributed by atoms with Crippen molar-refractivity contribution in [2.75, 3.05) is 0 Å². The molecule has 0 saturated carbocycles. The molecule has 0 unspecified atom stereocenters. The fourth-order valence-corrected chi connectivity index (χ4v) is 10.4. The largest absolute Gasteiger partial charge is 0.308 e. The predicted molar refractivity (Wildman–Crippen MR) is 287 cm³/mol. The molecule has 0 fully saturated rings. The van der Waals surface area contributed by atoms with Crippen LogP contribution in [0.5, 0.6) is 0 Å². The maximum atomic E-state index is 11.1. The smallest absolute Gasteiger partial charge is 0.101 e. The molecule has 11 aromatic rings. The van der Waals surface area contributed by atoms with Gasteiger partial charge < -0.3 is 9.13 Å². The number of aromatic nitrogens is 2. The van der Waals surface area contributed by atoms with E-state index >= 15 is 0 Å². The number of hydrogen-bond acceptors (Lipinski definition) is 4. The van der Waals surface area contributed by atoms with Crippen molar-refractivity contribution in [3.63, 3.8) is 0 Å². The van der Waals surface area contributed by atoms with E-state index < -0.39 is 0 Å². The highest BCUT2D eigenvalue weighted by atomic mass is 15.0. The van der Waals surface area contributed by atoms with Crippen LogP contribution in [0.4, 0.5) is 0 Å². The minimum Gasteiger partial charge on any atom is -0.308 e. The maximum absolute atomic E-state index is 11.1. The first-order valence-corrected chi connectivity index (χ1v) is 23.4. The summed E-state index contributed by atoms with van der Waals surface area (Å²) in [6.45, 7) is 0. The summed E-state index contributed by atoms with van der Waals surface area (Å²) in [5, 5.41) is 48.1. The van der Waals surface area contributed by atoms with Gasteiger partial charge in [0.2, 0.25) is 0 Å². The molecule has 1 aliphatic carbocycles. The maximum Gasteiger partial charge on any atom is 0.101 e. The molecule has 9 aromatic carbocycles. The summed E-state index contributed by atoms with van der Waals surface area (Å²) in [6.07, 6.45) is 3.88. The van der Waals surface area contributed by atoms with E-state index in [9.17, 15) is 21.0 Å². The van der Waals surface area contributed by atoms with Crippen molar-refractivity contribution < 1.29 is 0 Å². The van der Waals surface area contributed by atoms with Gasteiger partial charge >= 0.3 is 0 Å². The Morgan fingerprint density at radius 1 is 0.352 bits per heavy atom. The average Bonchev–Trinajstić information content (AvgIpc) is 3.86. The van der Waals surface area contributed by atoms with Crippen LogP contribution in [0.15, 0.2) is 230 Å². The van der Waals surface area contributed by atoms with Gasteiger partial charge in [0.05, 0.1) is 67.9 Å². The molecule has 0 atom stereocenters. The second-order valence-electron chi connectivity index (χ2n) is 17.7. The molecular weight excluding hydrogens is 865 g/mol. The van der Waals surface area contributed by atoms with Gasteiger partial charge in [-0.1, -0.05) is 176 Å². The number of rotatable bonds is 7. The molecular formula is C65H38N6. The molecule has 2 heterocycles. The van der Waals surface area contributed by atoms with Crippen molar-refractivity contribution in [2.45, 2.75) is 6.42 Å². The lowest BCUT2D eigenvalue weighted by Gasteiger charge is -2.16. The second-order valence-corrected chi connectivity index (χ2v) is 17.7. The average molecular weight is 903 g/mol. The quantitative estimate of drug-likeness (QED) is 0.159. The van der Waals surface area contributed by atoms with Crippen LogP contribution >= 0.6 is 0 Å². The van der Waals surface area contributed by atoms with E-state index in [2.05, 4.69) is 155 Å². The molecule has 71 heavy (non-hydrogen) atoms. The Labute approximate surface area is 410 Å². The number of nitrogens with zero attached hydrogens (tertiary/aromatic N) is 6. The van der Waals surface area contributed by atoms with Crippen molar-refractivity contribution in [2.24, 2.45) is 0 Å². The van der Waals surface area contributed by atoms with Crippen LogP contribution in [0.1, 0.15) is 23.1 Å². The topological polar surface area (TPSA) is 105 Å². The highest BCUT2D eigenvalue weighted by molar-refractivity contribution is 6.14. The van der Waals surface area contributed by atoms with E-state index in [4.69, 9.17) is 0 Å². The lowest BCUT2D eigenvalue weighted by molar-refractivity contribution is 1.16. The highest BCUT2D eigenvalue weighted by Crippen LogP contribution is 2.43. The minimum atomic E-state index is 0.210. The second kappa shape index (κ2) is 17.4. The van der Waals surface area contributed by atoms with Crippen LogP contribution in [0, 0.1) is 45.3 Å². The Kier molecular flexibility index (Phi) is 10.4. The van der Waals surface area contributed by atoms with Gasteiger partial charge in [-0.2, -0.15) is 21.0 Å². The molecule has 0 aliphatic heterocycles. The lowest BCUT2D eigenvalue weighted by Crippen LogP contribution is -2.03. The summed E-state index contributed by atoms with van der Waals surface area (Å²) in [6, 6.07) is 79.9. The Balaban J connectivity index is 1.09. The molecule has 0 bridgehead atoms. The van der Waals surface area contributed by atoms with Gasteiger partial charge in [-0.25, -0.2) is 0 Å². The summed E-state index contributed by atoms with van der Waals surface area (Å²) >= 11 is 0. The fourth-order valence-electron chi connectivity index (χ4n) is 10.4. The Bertz CT molecular complexity index is 4060. The summed E-state index contributed by atoms with van der Waals surface area (Å²) in [5.41, 5.74) is 15.3. The molecule has 0 N–H and O–H groups in total. The fraction of sp³-hybridized carbons (Fsp3) is 0.0154. The van der Waals surface area contributed by atoms with Gasteiger partial charge in [-0.3, -0.25) is 0 Å².